The first kappa shape index (κ1) is 17.4. The van der Waals surface area contributed by atoms with Gasteiger partial charge in [-0.2, -0.15) is 4.31 Å². The summed E-state index contributed by atoms with van der Waals surface area (Å²) >= 11 is 6.69. The van der Waals surface area contributed by atoms with Gasteiger partial charge in [-0.25, -0.2) is 8.42 Å². The summed E-state index contributed by atoms with van der Waals surface area (Å²) in [6.07, 6.45) is 3.37. The molecule has 0 amide bonds. The van der Waals surface area contributed by atoms with Crippen LogP contribution in [-0.4, -0.2) is 38.4 Å². The van der Waals surface area contributed by atoms with E-state index in [0.29, 0.717) is 22.5 Å². The molecular formula is C14H20Br2N2O2S. The molecule has 118 valence electrons. The van der Waals surface area contributed by atoms with Crippen LogP contribution in [0.2, 0.25) is 0 Å². The van der Waals surface area contributed by atoms with Crippen molar-refractivity contribution in [3.63, 3.8) is 0 Å². The molecule has 1 saturated heterocycles. The molecule has 0 bridgehead atoms. The van der Waals surface area contributed by atoms with E-state index in [9.17, 15) is 8.42 Å². The van der Waals surface area contributed by atoms with Gasteiger partial charge in [0.2, 0.25) is 10.0 Å². The molecule has 1 fully saturated rings. The van der Waals surface area contributed by atoms with Crippen molar-refractivity contribution in [3.8, 4) is 0 Å². The normalized spacial score (nSPS) is 19.9. The third kappa shape index (κ3) is 4.28. The minimum Gasteiger partial charge on any atom is -0.313 e. The molecule has 1 aliphatic heterocycles. The maximum atomic E-state index is 12.9. The van der Waals surface area contributed by atoms with E-state index in [2.05, 4.69) is 37.2 Å². The minimum atomic E-state index is -3.49. The lowest BCUT2D eigenvalue weighted by molar-refractivity contribution is 0.319. The summed E-state index contributed by atoms with van der Waals surface area (Å²) in [7, 11) is -3.49. The van der Waals surface area contributed by atoms with Gasteiger partial charge in [0.05, 0.1) is 4.90 Å². The molecule has 0 spiro atoms. The number of nitrogens with one attached hydrogen (secondary N) is 1. The first-order valence-corrected chi connectivity index (χ1v) is 10.2. The summed E-state index contributed by atoms with van der Waals surface area (Å²) in [5.74, 6) is 0. The highest BCUT2D eigenvalue weighted by Gasteiger charge is 2.28. The van der Waals surface area contributed by atoms with Crippen molar-refractivity contribution >= 4 is 41.9 Å². The van der Waals surface area contributed by atoms with Gasteiger partial charge >= 0.3 is 0 Å². The SMILES string of the molecule is CCN(CC1CCCCN1)S(=O)(=O)c1cc(Br)ccc1Br. The topological polar surface area (TPSA) is 49.4 Å². The smallest absolute Gasteiger partial charge is 0.244 e. The van der Waals surface area contributed by atoms with Crippen LogP contribution in [0.25, 0.3) is 0 Å². The molecule has 2 rings (SSSR count). The Hall–Kier alpha value is 0.0500. The van der Waals surface area contributed by atoms with Crippen molar-refractivity contribution < 1.29 is 8.42 Å². The molecule has 7 heteroatoms. The number of sulfonamides is 1. The van der Waals surface area contributed by atoms with Gasteiger partial charge in [-0.05, 0) is 53.5 Å². The molecule has 1 unspecified atom stereocenters. The lowest BCUT2D eigenvalue weighted by Gasteiger charge is -2.29. The molecule has 1 N–H and O–H groups in total. The zero-order valence-electron chi connectivity index (χ0n) is 12.0. The van der Waals surface area contributed by atoms with Gasteiger partial charge in [0.25, 0.3) is 0 Å². The predicted molar refractivity (Wildman–Crippen MR) is 91.9 cm³/mol. The molecule has 0 aromatic heterocycles. The Bertz CT molecular complexity index is 587. The van der Waals surface area contributed by atoms with E-state index in [4.69, 9.17) is 0 Å². The highest BCUT2D eigenvalue weighted by molar-refractivity contribution is 9.11. The molecule has 0 radical (unpaired) electrons. The molecule has 1 aliphatic rings. The van der Waals surface area contributed by atoms with Crippen molar-refractivity contribution in [1.82, 2.24) is 9.62 Å². The average Bonchev–Trinajstić information content (AvgIpc) is 2.48. The standard InChI is InChI=1S/C14H20Br2N2O2S/c1-2-18(10-12-5-3-4-8-17-12)21(19,20)14-9-11(15)6-7-13(14)16/h6-7,9,12,17H,2-5,8,10H2,1H3. The monoisotopic (exact) mass is 438 g/mol. The lowest BCUT2D eigenvalue weighted by atomic mass is 10.1. The molecule has 1 aromatic rings. The predicted octanol–water partition coefficient (Wildman–Crippen LogP) is 3.36. The van der Waals surface area contributed by atoms with Crippen LogP contribution < -0.4 is 5.32 Å². The van der Waals surface area contributed by atoms with Crippen LogP contribution in [0.15, 0.2) is 32.0 Å². The van der Waals surface area contributed by atoms with Crippen LogP contribution >= 0.6 is 31.9 Å². The van der Waals surface area contributed by atoms with E-state index >= 15 is 0 Å². The number of benzene rings is 1. The maximum Gasteiger partial charge on any atom is 0.244 e. The Morgan fingerprint density at radius 3 is 2.71 bits per heavy atom. The molecular weight excluding hydrogens is 420 g/mol. The number of piperidine rings is 1. The maximum absolute atomic E-state index is 12.9. The fraction of sp³-hybridized carbons (Fsp3) is 0.571. The summed E-state index contributed by atoms with van der Waals surface area (Å²) in [4.78, 5) is 0.314. The summed E-state index contributed by atoms with van der Waals surface area (Å²) in [6, 6.07) is 5.47. The second-order valence-corrected chi connectivity index (χ2v) is 8.85. The number of rotatable bonds is 5. The Morgan fingerprint density at radius 2 is 2.10 bits per heavy atom. The van der Waals surface area contributed by atoms with Crippen molar-refractivity contribution in [2.45, 2.75) is 37.1 Å². The minimum absolute atomic E-state index is 0.249. The van der Waals surface area contributed by atoms with Crippen molar-refractivity contribution in [2.24, 2.45) is 0 Å². The van der Waals surface area contributed by atoms with Crippen LogP contribution in [-0.2, 0) is 10.0 Å². The highest BCUT2D eigenvalue weighted by atomic mass is 79.9. The molecule has 0 aliphatic carbocycles. The largest absolute Gasteiger partial charge is 0.313 e. The van der Waals surface area contributed by atoms with Gasteiger partial charge in [0.15, 0.2) is 0 Å². The lowest BCUT2D eigenvalue weighted by Crippen LogP contribution is -2.45. The molecule has 4 nitrogen and oxygen atoms in total. The van der Waals surface area contributed by atoms with Gasteiger partial charge < -0.3 is 5.32 Å². The Balaban J connectivity index is 2.24. The summed E-state index contributed by atoms with van der Waals surface area (Å²) in [6.45, 7) is 3.85. The van der Waals surface area contributed by atoms with Gasteiger partial charge in [0.1, 0.15) is 0 Å². The van der Waals surface area contributed by atoms with Crippen LogP contribution in [0, 0.1) is 0 Å². The quantitative estimate of drug-likeness (QED) is 0.765. The summed E-state index contributed by atoms with van der Waals surface area (Å²) in [5, 5.41) is 3.41. The van der Waals surface area contributed by atoms with Gasteiger partial charge in [0, 0.05) is 28.1 Å². The van der Waals surface area contributed by atoms with Gasteiger partial charge in [-0.1, -0.05) is 29.3 Å². The van der Waals surface area contributed by atoms with E-state index < -0.39 is 10.0 Å². The first-order chi connectivity index (χ1) is 9.95. The molecule has 1 heterocycles. The van der Waals surface area contributed by atoms with Crippen molar-refractivity contribution in [1.29, 1.82) is 0 Å². The second-order valence-electron chi connectivity index (χ2n) is 5.18. The van der Waals surface area contributed by atoms with Crippen LogP contribution in [0.5, 0.6) is 0 Å². The molecule has 1 aromatic carbocycles. The zero-order valence-corrected chi connectivity index (χ0v) is 16.0. The molecule has 1 atom stereocenters. The number of hydrogen-bond donors (Lipinski definition) is 1. The summed E-state index contributed by atoms with van der Waals surface area (Å²) in [5.41, 5.74) is 0. The fourth-order valence-corrected chi connectivity index (χ4v) is 5.49. The van der Waals surface area contributed by atoms with E-state index in [0.717, 1.165) is 23.9 Å². The summed E-state index contributed by atoms with van der Waals surface area (Å²) < 4.78 is 28.6. The van der Waals surface area contributed by atoms with Crippen molar-refractivity contribution in [2.75, 3.05) is 19.6 Å². The zero-order chi connectivity index (χ0) is 15.5. The Labute approximate surface area is 143 Å². The average molecular weight is 440 g/mol. The number of likely N-dealkylation sites (N-methyl/N-ethyl adjacent to an activating group) is 1. The number of nitrogens with zero attached hydrogens (tertiary/aromatic N) is 1. The highest BCUT2D eigenvalue weighted by Crippen LogP contribution is 2.28. The Morgan fingerprint density at radius 1 is 1.33 bits per heavy atom. The van der Waals surface area contributed by atoms with Gasteiger partial charge in [-0.15, -0.1) is 0 Å². The van der Waals surface area contributed by atoms with Crippen molar-refractivity contribution in [3.05, 3.63) is 27.1 Å². The third-order valence-electron chi connectivity index (χ3n) is 3.70. The fourth-order valence-electron chi connectivity index (χ4n) is 2.54. The van der Waals surface area contributed by atoms with E-state index in [1.54, 1.807) is 16.4 Å². The third-order valence-corrected chi connectivity index (χ3v) is 7.13. The van der Waals surface area contributed by atoms with E-state index in [1.807, 2.05) is 13.0 Å². The Kier molecular flexibility index (Phi) is 6.25. The van der Waals surface area contributed by atoms with E-state index in [-0.39, 0.29) is 6.04 Å². The van der Waals surface area contributed by atoms with Gasteiger partial charge in [-0.3, -0.25) is 0 Å². The van der Waals surface area contributed by atoms with Crippen LogP contribution in [0.1, 0.15) is 26.2 Å². The molecule has 21 heavy (non-hydrogen) atoms. The number of halogens is 2. The van der Waals surface area contributed by atoms with Crippen LogP contribution in [0.4, 0.5) is 0 Å². The molecule has 0 saturated carbocycles. The van der Waals surface area contributed by atoms with E-state index in [1.165, 1.54) is 6.42 Å². The second kappa shape index (κ2) is 7.55. The van der Waals surface area contributed by atoms with Crippen LogP contribution in [0.3, 0.4) is 0 Å². The number of hydrogen-bond acceptors (Lipinski definition) is 3. The first-order valence-electron chi connectivity index (χ1n) is 7.13.